The Hall–Kier alpha value is -0.720. The van der Waals surface area contributed by atoms with E-state index in [0.29, 0.717) is 26.1 Å². The van der Waals surface area contributed by atoms with Crippen LogP contribution in [0.5, 0.6) is 0 Å². The van der Waals surface area contributed by atoms with Crippen LogP contribution < -0.4 is 0 Å². The van der Waals surface area contributed by atoms with E-state index in [2.05, 4.69) is 0 Å². The highest BCUT2D eigenvalue weighted by Gasteiger charge is 2.62. The van der Waals surface area contributed by atoms with Gasteiger partial charge in [-0.15, -0.1) is 0 Å². The number of hydrogen-bond donors (Lipinski definition) is 1. The van der Waals surface area contributed by atoms with Crippen LogP contribution in [0, 0.1) is 17.8 Å². The van der Waals surface area contributed by atoms with Gasteiger partial charge in [-0.3, -0.25) is 4.79 Å². The highest BCUT2D eigenvalue weighted by atomic mass is 19.1. The van der Waals surface area contributed by atoms with Crippen molar-refractivity contribution in [2.45, 2.75) is 37.3 Å². The fourth-order valence-electron chi connectivity index (χ4n) is 3.95. The molecule has 1 unspecified atom stereocenters. The molecule has 1 N–H and O–H groups in total. The molecule has 0 bridgehead atoms. The van der Waals surface area contributed by atoms with Crippen molar-refractivity contribution in [1.29, 1.82) is 0 Å². The van der Waals surface area contributed by atoms with E-state index >= 15 is 0 Å². The van der Waals surface area contributed by atoms with E-state index in [-0.39, 0.29) is 18.3 Å². The van der Waals surface area contributed by atoms with Crippen LogP contribution in [0.1, 0.15) is 19.3 Å². The maximum Gasteiger partial charge on any atom is 0.314 e. The minimum atomic E-state index is -1.29. The molecule has 5 atom stereocenters. The molecule has 6 heteroatoms. The Morgan fingerprint density at radius 3 is 2.68 bits per heavy atom. The molecule has 0 radical (unpaired) electrons. The molecular formula is C13H19FO5. The summed E-state index contributed by atoms with van der Waals surface area (Å²) in [5, 5.41) is 9.67. The Kier molecular flexibility index (Phi) is 3.27. The maximum atomic E-state index is 13.7. The molecule has 2 saturated carbocycles. The fraction of sp³-hybridized carbons (Fsp3) is 0.923. The van der Waals surface area contributed by atoms with Crippen LogP contribution in [0.2, 0.25) is 0 Å². The lowest BCUT2D eigenvalue weighted by Crippen LogP contribution is -2.44. The van der Waals surface area contributed by atoms with Crippen LogP contribution in [-0.4, -0.2) is 49.5 Å². The fourth-order valence-corrected chi connectivity index (χ4v) is 3.95. The molecule has 1 spiro atoms. The van der Waals surface area contributed by atoms with E-state index in [1.807, 2.05) is 0 Å². The summed E-state index contributed by atoms with van der Waals surface area (Å²) in [7, 11) is 1.32. The first-order chi connectivity index (χ1) is 9.07. The number of esters is 1. The minimum Gasteiger partial charge on any atom is -0.469 e. The SMILES string of the molecule is COC(=O)[C@H]1[C@@H]2C[C@H](F)C(O)C[C@H]2CC12OCCO2. The van der Waals surface area contributed by atoms with Crippen LogP contribution in [0.4, 0.5) is 4.39 Å². The van der Waals surface area contributed by atoms with Crippen LogP contribution in [0.15, 0.2) is 0 Å². The summed E-state index contributed by atoms with van der Waals surface area (Å²) in [6, 6.07) is 0. The van der Waals surface area contributed by atoms with Gasteiger partial charge in [0.25, 0.3) is 0 Å². The number of hydrogen-bond acceptors (Lipinski definition) is 5. The maximum absolute atomic E-state index is 13.7. The number of alkyl halides is 1. The van der Waals surface area contributed by atoms with Crippen molar-refractivity contribution in [3.8, 4) is 0 Å². The van der Waals surface area contributed by atoms with Gasteiger partial charge >= 0.3 is 5.97 Å². The molecule has 3 fully saturated rings. The standard InChI is InChI=1S/C13H19FO5/c1-17-12(16)11-8-5-9(14)10(15)4-7(8)6-13(11)18-2-3-19-13/h7-11,15H,2-6H2,1H3/t7-,8+,9-,10?,11+/m0/s1. The van der Waals surface area contributed by atoms with E-state index < -0.39 is 29.9 Å². The van der Waals surface area contributed by atoms with E-state index in [1.165, 1.54) is 7.11 Å². The van der Waals surface area contributed by atoms with E-state index in [0.717, 1.165) is 0 Å². The largest absolute Gasteiger partial charge is 0.469 e. The second-order valence-corrected chi connectivity index (χ2v) is 5.69. The normalized spacial score (nSPS) is 44.3. The molecule has 2 aliphatic carbocycles. The smallest absolute Gasteiger partial charge is 0.314 e. The lowest BCUT2D eigenvalue weighted by Gasteiger charge is -2.34. The van der Waals surface area contributed by atoms with Crippen molar-refractivity contribution < 1.29 is 28.5 Å². The number of carbonyl (C=O) groups is 1. The average Bonchev–Trinajstić information content (AvgIpc) is 2.95. The predicted molar refractivity (Wildman–Crippen MR) is 61.9 cm³/mol. The number of methoxy groups -OCH3 is 1. The molecule has 0 aromatic carbocycles. The molecule has 1 heterocycles. The number of ether oxygens (including phenoxy) is 3. The Morgan fingerprint density at radius 1 is 1.37 bits per heavy atom. The van der Waals surface area contributed by atoms with E-state index in [9.17, 15) is 14.3 Å². The number of aliphatic hydroxyl groups is 1. The van der Waals surface area contributed by atoms with Crippen molar-refractivity contribution in [1.82, 2.24) is 0 Å². The molecular weight excluding hydrogens is 255 g/mol. The first kappa shape index (κ1) is 13.3. The number of halogens is 1. The Bertz CT molecular complexity index is 368. The third-order valence-corrected chi connectivity index (χ3v) is 4.74. The topological polar surface area (TPSA) is 65.0 Å². The van der Waals surface area contributed by atoms with Gasteiger partial charge in [0.1, 0.15) is 12.1 Å². The summed E-state index contributed by atoms with van der Waals surface area (Å²) in [5.41, 5.74) is 0. The molecule has 3 aliphatic rings. The van der Waals surface area contributed by atoms with Crippen molar-refractivity contribution in [2.75, 3.05) is 20.3 Å². The summed E-state index contributed by atoms with van der Waals surface area (Å²) in [4.78, 5) is 12.1. The molecule has 1 saturated heterocycles. The first-order valence-electron chi connectivity index (χ1n) is 6.75. The quantitative estimate of drug-likeness (QED) is 0.711. The molecule has 19 heavy (non-hydrogen) atoms. The number of fused-ring (bicyclic) bond motifs is 1. The zero-order valence-corrected chi connectivity index (χ0v) is 10.9. The summed E-state index contributed by atoms with van der Waals surface area (Å²) in [5.74, 6) is -2.09. The monoisotopic (exact) mass is 274 g/mol. The molecule has 5 nitrogen and oxygen atoms in total. The van der Waals surface area contributed by atoms with Crippen LogP contribution in [0.3, 0.4) is 0 Å². The van der Waals surface area contributed by atoms with Crippen molar-refractivity contribution in [3.05, 3.63) is 0 Å². The van der Waals surface area contributed by atoms with Gasteiger partial charge in [0.2, 0.25) is 0 Å². The van der Waals surface area contributed by atoms with Crippen molar-refractivity contribution in [2.24, 2.45) is 17.8 Å². The summed E-state index contributed by atoms with van der Waals surface area (Å²) in [6.45, 7) is 0.878. The molecule has 108 valence electrons. The average molecular weight is 274 g/mol. The lowest BCUT2D eigenvalue weighted by atomic mass is 9.76. The van der Waals surface area contributed by atoms with Gasteiger partial charge in [0.15, 0.2) is 5.79 Å². The Labute approximate surface area is 111 Å². The first-order valence-corrected chi connectivity index (χ1v) is 6.75. The second kappa shape index (κ2) is 4.68. The molecule has 0 amide bonds. The number of rotatable bonds is 1. The van der Waals surface area contributed by atoms with E-state index in [1.54, 1.807) is 0 Å². The zero-order chi connectivity index (χ0) is 13.6. The second-order valence-electron chi connectivity index (χ2n) is 5.69. The third-order valence-electron chi connectivity index (χ3n) is 4.74. The predicted octanol–water partition coefficient (Wildman–Crippen LogP) is 0.648. The van der Waals surface area contributed by atoms with Crippen molar-refractivity contribution in [3.63, 3.8) is 0 Å². The van der Waals surface area contributed by atoms with Gasteiger partial charge in [-0.2, -0.15) is 0 Å². The summed E-state index contributed by atoms with van der Waals surface area (Å²) >= 11 is 0. The van der Waals surface area contributed by atoms with Gasteiger partial charge in [-0.1, -0.05) is 0 Å². The summed E-state index contributed by atoms with van der Waals surface area (Å²) in [6.07, 6.45) is -1.18. The van der Waals surface area contributed by atoms with E-state index in [4.69, 9.17) is 14.2 Å². The highest BCUT2D eigenvalue weighted by molar-refractivity contribution is 5.74. The van der Waals surface area contributed by atoms with Gasteiger partial charge in [-0.25, -0.2) is 4.39 Å². The van der Waals surface area contributed by atoms with Crippen molar-refractivity contribution >= 4 is 5.97 Å². The Balaban J connectivity index is 1.90. The van der Waals surface area contributed by atoms with Gasteiger partial charge in [-0.05, 0) is 24.7 Å². The molecule has 1 aliphatic heterocycles. The molecule has 0 aromatic heterocycles. The Morgan fingerprint density at radius 2 is 2.05 bits per heavy atom. The summed E-state index contributed by atoms with van der Waals surface area (Å²) < 4.78 is 29.9. The van der Waals surface area contributed by atoms with Gasteiger partial charge in [0, 0.05) is 6.42 Å². The van der Waals surface area contributed by atoms with Crippen LogP contribution in [-0.2, 0) is 19.0 Å². The third kappa shape index (κ3) is 1.97. The number of aliphatic hydroxyl groups excluding tert-OH is 1. The van der Waals surface area contributed by atoms with Gasteiger partial charge < -0.3 is 19.3 Å². The molecule has 3 rings (SSSR count). The minimum absolute atomic E-state index is 0.0456. The lowest BCUT2D eigenvalue weighted by molar-refractivity contribution is -0.202. The van der Waals surface area contributed by atoms with Gasteiger partial charge in [0.05, 0.1) is 26.4 Å². The highest BCUT2D eigenvalue weighted by Crippen LogP contribution is 2.55. The zero-order valence-electron chi connectivity index (χ0n) is 10.9. The van der Waals surface area contributed by atoms with Crippen LogP contribution >= 0.6 is 0 Å². The number of carbonyl (C=O) groups excluding carboxylic acids is 1. The van der Waals surface area contributed by atoms with Crippen LogP contribution in [0.25, 0.3) is 0 Å². The molecule has 0 aromatic rings.